The molecule has 0 aromatic heterocycles. The molecule has 8 heteroatoms. The zero-order valence-electron chi connectivity index (χ0n) is 16.3. The summed E-state index contributed by atoms with van der Waals surface area (Å²) >= 11 is 0. The van der Waals surface area contributed by atoms with Crippen LogP contribution >= 0.6 is 0 Å². The van der Waals surface area contributed by atoms with Gasteiger partial charge >= 0.3 is 6.03 Å². The molecule has 6 nitrogen and oxygen atoms in total. The maximum Gasteiger partial charge on any atom is 0.332 e. The molecule has 1 atom stereocenters. The Morgan fingerprint density at radius 2 is 1.78 bits per heavy atom. The van der Waals surface area contributed by atoms with E-state index in [1.807, 2.05) is 0 Å². The number of hydrogen-bond acceptors (Lipinski definition) is 4. The monoisotopic (exact) mass is 416 g/mol. The number of nitrogens with one attached hydrogen (secondary N) is 2. The maximum absolute atomic E-state index is 12.4. The summed E-state index contributed by atoms with van der Waals surface area (Å²) < 4.78 is 26.7. The van der Waals surface area contributed by atoms with E-state index in [1.165, 1.54) is 22.3 Å². The molecule has 1 aromatic carbocycles. The number of likely N-dealkylation sites (tertiary alicyclic amines) is 1. The van der Waals surface area contributed by atoms with Crippen molar-refractivity contribution in [1.29, 1.82) is 0 Å². The summed E-state index contributed by atoms with van der Waals surface area (Å²) in [6.07, 6.45) is 7.31. The van der Waals surface area contributed by atoms with Gasteiger partial charge in [-0.2, -0.15) is 0 Å². The minimum absolute atomic E-state index is 0. The van der Waals surface area contributed by atoms with E-state index in [4.69, 9.17) is 0 Å². The van der Waals surface area contributed by atoms with Crippen LogP contribution in [0.2, 0.25) is 0 Å². The van der Waals surface area contributed by atoms with Crippen LogP contribution in [0.1, 0.15) is 48.4 Å². The van der Waals surface area contributed by atoms with E-state index in [-0.39, 0.29) is 57.1 Å². The van der Waals surface area contributed by atoms with Crippen molar-refractivity contribution < 1.29 is 13.2 Å². The number of carbonyl (C=O) groups excluding carboxylic acids is 1. The van der Waals surface area contributed by atoms with E-state index in [0.29, 0.717) is 12.6 Å². The van der Waals surface area contributed by atoms with Crippen LogP contribution in [-0.2, 0) is 35.7 Å². The Hall–Kier alpha value is 0.0364. The van der Waals surface area contributed by atoms with Crippen molar-refractivity contribution >= 4 is 73.1 Å². The standard InChI is InChI=1S/C19H27N3O3S.K/c1-13-8-9-22(13)10-11-26(24,25)21-19(23)20-18-16-6-2-4-14(16)12-15-5-3-7-17(15)18;/h12-13H,2-11H2,1H3,(H2,20,21,23);. The van der Waals surface area contributed by atoms with Gasteiger partial charge in [0.2, 0.25) is 10.0 Å². The molecule has 1 aliphatic heterocycles. The molecular weight excluding hydrogens is 389 g/mol. The molecule has 143 valence electrons. The number of benzene rings is 1. The van der Waals surface area contributed by atoms with E-state index < -0.39 is 16.1 Å². The number of hydrogen-bond donors (Lipinski definition) is 2. The van der Waals surface area contributed by atoms with Gasteiger partial charge in [0.15, 0.2) is 0 Å². The average molecular weight is 417 g/mol. The third kappa shape index (κ3) is 4.79. The van der Waals surface area contributed by atoms with Crippen molar-refractivity contribution in [3.05, 3.63) is 28.3 Å². The molecular formula is C19H27KN3O3S. The van der Waals surface area contributed by atoms with Crippen molar-refractivity contribution in [2.75, 3.05) is 24.2 Å². The molecule has 1 heterocycles. The summed E-state index contributed by atoms with van der Waals surface area (Å²) in [7, 11) is -3.63. The normalized spacial score (nSPS) is 21.0. The first kappa shape index (κ1) is 21.7. The van der Waals surface area contributed by atoms with Crippen LogP contribution in [0.5, 0.6) is 0 Å². The molecule has 2 aliphatic carbocycles. The SMILES string of the molecule is CC1CCN1CCS(=O)(=O)NC(=O)Nc1c2c(cc3c1CCC3)CCC2.[K]. The third-order valence-corrected chi connectivity index (χ3v) is 7.28. The van der Waals surface area contributed by atoms with Crippen molar-refractivity contribution in [3.8, 4) is 0 Å². The first-order valence-electron chi connectivity index (χ1n) is 9.65. The van der Waals surface area contributed by atoms with Gasteiger partial charge in [0.25, 0.3) is 0 Å². The summed E-state index contributed by atoms with van der Waals surface area (Å²) in [4.78, 5) is 14.5. The van der Waals surface area contributed by atoms with E-state index in [1.54, 1.807) is 0 Å². The Balaban J connectivity index is 0.00000210. The molecule has 1 aromatic rings. The van der Waals surface area contributed by atoms with Crippen LogP contribution in [0, 0.1) is 0 Å². The summed E-state index contributed by atoms with van der Waals surface area (Å²) in [6.45, 7) is 3.50. The Bertz CT molecular complexity index is 809. The average Bonchev–Trinajstić information content (AvgIpc) is 3.21. The van der Waals surface area contributed by atoms with Crippen molar-refractivity contribution in [1.82, 2.24) is 9.62 Å². The molecule has 3 aliphatic rings. The van der Waals surface area contributed by atoms with Crippen LogP contribution in [-0.4, -0.2) is 95.6 Å². The van der Waals surface area contributed by atoms with Gasteiger partial charge < -0.3 is 5.32 Å². The fourth-order valence-corrected chi connectivity index (χ4v) is 5.35. The smallest absolute Gasteiger partial charge is 0.307 e. The number of sulfonamides is 1. The largest absolute Gasteiger partial charge is 0.332 e. The number of carbonyl (C=O) groups is 1. The van der Waals surface area contributed by atoms with Crippen LogP contribution in [0.4, 0.5) is 10.5 Å². The Labute approximate surface area is 204 Å². The molecule has 1 radical (unpaired) electrons. The van der Waals surface area contributed by atoms with Crippen LogP contribution < -0.4 is 10.0 Å². The number of urea groups is 1. The summed E-state index contributed by atoms with van der Waals surface area (Å²) in [5, 5.41) is 2.88. The Morgan fingerprint density at radius 3 is 2.30 bits per heavy atom. The molecule has 27 heavy (non-hydrogen) atoms. The molecule has 0 saturated carbocycles. The minimum atomic E-state index is -3.63. The predicted octanol–water partition coefficient (Wildman–Crippen LogP) is 1.83. The molecule has 1 saturated heterocycles. The van der Waals surface area contributed by atoms with Crippen molar-refractivity contribution in [2.24, 2.45) is 0 Å². The number of nitrogens with zero attached hydrogens (tertiary/aromatic N) is 1. The van der Waals surface area contributed by atoms with Crippen molar-refractivity contribution in [2.45, 2.75) is 57.9 Å². The van der Waals surface area contributed by atoms with Gasteiger partial charge in [-0.25, -0.2) is 17.9 Å². The summed E-state index contributed by atoms with van der Waals surface area (Å²) in [6, 6.07) is 2.10. The minimum Gasteiger partial charge on any atom is -0.307 e. The van der Waals surface area contributed by atoms with Gasteiger partial charge in [-0.1, -0.05) is 6.07 Å². The van der Waals surface area contributed by atoms with Crippen molar-refractivity contribution in [3.63, 3.8) is 0 Å². The zero-order chi connectivity index (χ0) is 18.3. The molecule has 2 amide bonds. The summed E-state index contributed by atoms with van der Waals surface area (Å²) in [5.74, 6) is -0.0459. The Kier molecular flexibility index (Phi) is 7.09. The second-order valence-electron chi connectivity index (χ2n) is 7.78. The maximum atomic E-state index is 12.4. The van der Waals surface area contributed by atoms with Gasteiger partial charge in [0, 0.05) is 69.7 Å². The van der Waals surface area contributed by atoms with E-state index in [0.717, 1.165) is 57.2 Å². The topological polar surface area (TPSA) is 78.5 Å². The van der Waals surface area contributed by atoms with Crippen LogP contribution in [0.25, 0.3) is 0 Å². The quantitative estimate of drug-likeness (QED) is 0.718. The fraction of sp³-hybridized carbons (Fsp3) is 0.632. The van der Waals surface area contributed by atoms with Gasteiger partial charge in [0.05, 0.1) is 5.75 Å². The molecule has 0 bridgehead atoms. The number of aryl methyl sites for hydroxylation is 2. The molecule has 4 rings (SSSR count). The number of anilines is 1. The van der Waals surface area contributed by atoms with Crippen LogP contribution in [0.3, 0.4) is 0 Å². The summed E-state index contributed by atoms with van der Waals surface area (Å²) in [5.41, 5.74) is 5.91. The number of rotatable bonds is 5. The first-order chi connectivity index (χ1) is 12.4. The van der Waals surface area contributed by atoms with E-state index in [9.17, 15) is 13.2 Å². The third-order valence-electron chi connectivity index (χ3n) is 6.06. The van der Waals surface area contributed by atoms with Crippen LogP contribution in [0.15, 0.2) is 6.07 Å². The molecule has 0 spiro atoms. The van der Waals surface area contributed by atoms with Gasteiger partial charge in [-0.05, 0) is 80.7 Å². The first-order valence-corrected chi connectivity index (χ1v) is 11.3. The van der Waals surface area contributed by atoms with Gasteiger partial charge in [-0.15, -0.1) is 0 Å². The molecule has 1 fully saturated rings. The van der Waals surface area contributed by atoms with Gasteiger partial charge in [0.1, 0.15) is 0 Å². The zero-order valence-corrected chi connectivity index (χ0v) is 20.2. The number of amides is 2. The van der Waals surface area contributed by atoms with E-state index >= 15 is 0 Å². The second kappa shape index (κ2) is 8.81. The predicted molar refractivity (Wildman–Crippen MR) is 108 cm³/mol. The molecule has 2 N–H and O–H groups in total. The number of fused-ring (bicyclic) bond motifs is 2. The second-order valence-corrected chi connectivity index (χ2v) is 9.62. The van der Waals surface area contributed by atoms with E-state index in [2.05, 4.69) is 27.9 Å². The molecule has 1 unspecified atom stereocenters. The Morgan fingerprint density at radius 1 is 1.15 bits per heavy atom. The fourth-order valence-electron chi connectivity index (χ4n) is 4.44. The van der Waals surface area contributed by atoms with Gasteiger partial charge in [-0.3, -0.25) is 4.90 Å².